The van der Waals surface area contributed by atoms with Crippen molar-refractivity contribution in [3.05, 3.63) is 95.1 Å². The molecule has 0 aliphatic carbocycles. The molecule has 186 valence electrons. The SMILES string of the molecule is COc1cccc(OCCOc2cccc(C=C3C(=N)N4N=C(c5ccc(C)cc5)SC4=NC3=O)c2)c1. The first kappa shape index (κ1) is 24.3. The fourth-order valence-corrected chi connectivity index (χ4v) is 4.57. The van der Waals surface area contributed by atoms with Crippen LogP contribution in [0.25, 0.3) is 6.08 Å². The molecule has 2 aliphatic heterocycles. The zero-order valence-corrected chi connectivity index (χ0v) is 21.1. The number of hydrogen-bond acceptors (Lipinski definition) is 7. The van der Waals surface area contributed by atoms with Crippen molar-refractivity contribution >= 4 is 39.8 Å². The van der Waals surface area contributed by atoms with E-state index in [0.29, 0.717) is 40.5 Å². The topological polar surface area (TPSA) is 96.6 Å². The van der Waals surface area contributed by atoms with Crippen LogP contribution in [-0.4, -0.2) is 47.3 Å². The monoisotopic (exact) mass is 512 g/mol. The minimum absolute atomic E-state index is 0.0115. The van der Waals surface area contributed by atoms with Gasteiger partial charge in [0, 0.05) is 11.6 Å². The molecule has 9 heteroatoms. The number of nitrogens with zero attached hydrogens (tertiary/aromatic N) is 3. The third-order valence-corrected chi connectivity index (χ3v) is 6.54. The molecule has 0 aromatic heterocycles. The Hall–Kier alpha value is -4.37. The van der Waals surface area contributed by atoms with E-state index < -0.39 is 5.91 Å². The molecule has 0 saturated carbocycles. The molecule has 0 bridgehead atoms. The number of ether oxygens (including phenoxy) is 3. The summed E-state index contributed by atoms with van der Waals surface area (Å²) in [6.45, 7) is 2.70. The number of fused-ring (bicyclic) bond motifs is 1. The summed E-state index contributed by atoms with van der Waals surface area (Å²) < 4.78 is 16.7. The van der Waals surface area contributed by atoms with Crippen LogP contribution < -0.4 is 14.2 Å². The van der Waals surface area contributed by atoms with Crippen molar-refractivity contribution in [1.82, 2.24) is 5.01 Å². The van der Waals surface area contributed by atoms with E-state index in [0.717, 1.165) is 16.9 Å². The van der Waals surface area contributed by atoms with E-state index in [9.17, 15) is 4.79 Å². The number of amides is 1. The highest BCUT2D eigenvalue weighted by atomic mass is 32.2. The summed E-state index contributed by atoms with van der Waals surface area (Å²) in [5.74, 6) is 1.57. The van der Waals surface area contributed by atoms with E-state index >= 15 is 0 Å². The second-order valence-electron chi connectivity index (χ2n) is 8.24. The van der Waals surface area contributed by atoms with E-state index in [1.807, 2.05) is 73.7 Å². The molecule has 2 heterocycles. The van der Waals surface area contributed by atoms with E-state index in [2.05, 4.69) is 10.1 Å². The highest BCUT2D eigenvalue weighted by Crippen LogP contribution is 2.31. The summed E-state index contributed by atoms with van der Waals surface area (Å²) in [7, 11) is 1.61. The summed E-state index contributed by atoms with van der Waals surface area (Å²) in [4.78, 5) is 16.9. The smallest absolute Gasteiger partial charge is 0.283 e. The number of benzene rings is 3. The van der Waals surface area contributed by atoms with Crippen LogP contribution in [0, 0.1) is 12.3 Å². The lowest BCUT2D eigenvalue weighted by atomic mass is 10.1. The lowest BCUT2D eigenvalue weighted by molar-refractivity contribution is -0.114. The number of rotatable bonds is 8. The van der Waals surface area contributed by atoms with Gasteiger partial charge in [0.1, 0.15) is 35.5 Å². The highest BCUT2D eigenvalue weighted by Gasteiger charge is 2.36. The van der Waals surface area contributed by atoms with Gasteiger partial charge in [-0.2, -0.15) is 15.1 Å². The molecular weight excluding hydrogens is 488 g/mol. The lowest BCUT2D eigenvalue weighted by Crippen LogP contribution is -2.35. The van der Waals surface area contributed by atoms with Crippen LogP contribution in [0.4, 0.5) is 0 Å². The average molecular weight is 513 g/mol. The Kier molecular flexibility index (Phi) is 7.04. The van der Waals surface area contributed by atoms with E-state index in [-0.39, 0.29) is 11.4 Å². The maximum Gasteiger partial charge on any atom is 0.283 e. The average Bonchev–Trinajstić information content (AvgIpc) is 3.34. The molecule has 0 fully saturated rings. The van der Waals surface area contributed by atoms with Crippen molar-refractivity contribution in [1.29, 1.82) is 5.41 Å². The number of methoxy groups -OCH3 is 1. The highest BCUT2D eigenvalue weighted by molar-refractivity contribution is 8.27. The first-order valence-electron chi connectivity index (χ1n) is 11.6. The Morgan fingerprint density at radius 2 is 1.62 bits per heavy atom. The Morgan fingerprint density at radius 3 is 2.35 bits per heavy atom. The van der Waals surface area contributed by atoms with Crippen LogP contribution in [0.1, 0.15) is 16.7 Å². The summed E-state index contributed by atoms with van der Waals surface area (Å²) in [6, 6.07) is 22.6. The number of carbonyl (C=O) groups excluding carboxylic acids is 1. The third-order valence-electron chi connectivity index (χ3n) is 5.58. The van der Waals surface area contributed by atoms with Gasteiger partial charge in [-0.15, -0.1) is 0 Å². The predicted molar refractivity (Wildman–Crippen MR) is 146 cm³/mol. The first-order valence-corrected chi connectivity index (χ1v) is 12.4. The van der Waals surface area contributed by atoms with Crippen molar-refractivity contribution in [2.75, 3.05) is 20.3 Å². The first-order chi connectivity index (χ1) is 18.0. The van der Waals surface area contributed by atoms with Crippen LogP contribution >= 0.6 is 11.8 Å². The second kappa shape index (κ2) is 10.7. The molecular formula is C28H24N4O4S. The fourth-order valence-electron chi connectivity index (χ4n) is 3.68. The number of aliphatic imine (C=N–C) groups is 1. The Labute approximate surface area is 218 Å². The number of thioether (sulfide) groups is 1. The molecule has 1 N–H and O–H groups in total. The maximum absolute atomic E-state index is 12.8. The number of hydrogen-bond donors (Lipinski definition) is 1. The summed E-state index contributed by atoms with van der Waals surface area (Å²) in [5.41, 5.74) is 2.94. The van der Waals surface area contributed by atoms with Crippen LogP contribution in [0.2, 0.25) is 0 Å². The van der Waals surface area contributed by atoms with Crippen LogP contribution in [0.15, 0.2) is 88.5 Å². The molecule has 2 aliphatic rings. The van der Waals surface area contributed by atoms with Gasteiger partial charge >= 0.3 is 0 Å². The van der Waals surface area contributed by atoms with Crippen LogP contribution in [0.5, 0.6) is 17.2 Å². The van der Waals surface area contributed by atoms with Gasteiger partial charge in [-0.25, -0.2) is 0 Å². The van der Waals surface area contributed by atoms with Gasteiger partial charge in [-0.3, -0.25) is 10.2 Å². The summed E-state index contributed by atoms with van der Waals surface area (Å²) in [6.07, 6.45) is 1.63. The summed E-state index contributed by atoms with van der Waals surface area (Å²) >= 11 is 1.28. The summed E-state index contributed by atoms with van der Waals surface area (Å²) in [5, 5.41) is 15.6. The minimum Gasteiger partial charge on any atom is -0.497 e. The second-order valence-corrected chi connectivity index (χ2v) is 9.20. The Balaban J connectivity index is 1.25. The van der Waals surface area contributed by atoms with Gasteiger partial charge in [0.05, 0.1) is 12.7 Å². The van der Waals surface area contributed by atoms with Crippen LogP contribution in [0.3, 0.4) is 0 Å². The molecule has 0 spiro atoms. The third kappa shape index (κ3) is 5.57. The Bertz CT molecular complexity index is 1450. The van der Waals surface area contributed by atoms with Gasteiger partial charge in [-0.05, 0) is 54.6 Å². The normalized spacial score (nSPS) is 15.8. The molecule has 0 radical (unpaired) electrons. The quantitative estimate of drug-likeness (QED) is 0.332. The molecule has 5 rings (SSSR count). The number of aryl methyl sites for hydroxylation is 1. The Morgan fingerprint density at radius 1 is 0.946 bits per heavy atom. The lowest BCUT2D eigenvalue weighted by Gasteiger charge is -2.20. The standard InChI is InChI=1S/C28H24N4O4S/c1-18-9-11-20(12-10-18)27-31-32-25(29)24(26(33)30-28(32)37-27)16-19-5-3-7-22(15-19)35-13-14-36-23-8-4-6-21(17-23)34-2/h3-12,15-17,29H,13-14H2,1-2H3. The molecule has 1 amide bonds. The van der Waals surface area contributed by atoms with Crippen molar-refractivity contribution < 1.29 is 19.0 Å². The van der Waals surface area contributed by atoms with E-state index in [1.54, 1.807) is 19.3 Å². The zero-order valence-electron chi connectivity index (χ0n) is 20.3. The maximum atomic E-state index is 12.8. The van der Waals surface area contributed by atoms with Crippen LogP contribution in [-0.2, 0) is 4.79 Å². The predicted octanol–water partition coefficient (Wildman–Crippen LogP) is 5.13. The van der Waals surface area contributed by atoms with Crippen molar-refractivity contribution in [3.8, 4) is 17.2 Å². The number of nitrogens with one attached hydrogen (secondary N) is 1. The van der Waals surface area contributed by atoms with E-state index in [1.165, 1.54) is 16.8 Å². The van der Waals surface area contributed by atoms with Gasteiger partial charge in [0.2, 0.25) is 5.17 Å². The largest absolute Gasteiger partial charge is 0.497 e. The molecule has 3 aromatic carbocycles. The number of amidine groups is 2. The van der Waals surface area contributed by atoms with Gasteiger partial charge in [-0.1, -0.05) is 48.0 Å². The van der Waals surface area contributed by atoms with Gasteiger partial charge in [0.25, 0.3) is 5.91 Å². The minimum atomic E-state index is -0.470. The van der Waals surface area contributed by atoms with Crippen molar-refractivity contribution in [2.45, 2.75) is 6.92 Å². The van der Waals surface area contributed by atoms with Crippen molar-refractivity contribution in [3.63, 3.8) is 0 Å². The zero-order chi connectivity index (χ0) is 25.8. The molecule has 0 unspecified atom stereocenters. The van der Waals surface area contributed by atoms with Gasteiger partial charge in [0.15, 0.2) is 5.84 Å². The molecule has 37 heavy (non-hydrogen) atoms. The van der Waals surface area contributed by atoms with Gasteiger partial charge < -0.3 is 14.2 Å². The fraction of sp³-hybridized carbons (Fsp3) is 0.143. The molecule has 3 aromatic rings. The molecule has 0 atom stereocenters. The number of carbonyl (C=O) groups is 1. The van der Waals surface area contributed by atoms with Crippen molar-refractivity contribution in [2.24, 2.45) is 10.1 Å². The van der Waals surface area contributed by atoms with E-state index in [4.69, 9.17) is 19.6 Å². The molecule has 0 saturated heterocycles. The number of hydrazone groups is 1. The molecule has 8 nitrogen and oxygen atoms in total.